The molecule has 1 unspecified atom stereocenters. The summed E-state index contributed by atoms with van der Waals surface area (Å²) in [6, 6.07) is 6.62. The first-order chi connectivity index (χ1) is 8.16. The smallest absolute Gasteiger partial charge is 0.0575 e. The van der Waals surface area contributed by atoms with Gasteiger partial charge in [-0.25, -0.2) is 0 Å². The summed E-state index contributed by atoms with van der Waals surface area (Å²) in [5, 5.41) is 3.45. The van der Waals surface area contributed by atoms with Crippen LogP contribution >= 0.6 is 15.9 Å². The molecular formula is C13H20BrN3. The summed E-state index contributed by atoms with van der Waals surface area (Å²) in [4.78, 5) is 2.44. The largest absolute Gasteiger partial charge is 0.397 e. The van der Waals surface area contributed by atoms with Gasteiger partial charge in [0.25, 0.3) is 0 Å². The molecule has 1 atom stereocenters. The highest BCUT2D eigenvalue weighted by molar-refractivity contribution is 9.10. The Morgan fingerprint density at radius 3 is 3.00 bits per heavy atom. The number of likely N-dealkylation sites (tertiary alicyclic amines) is 1. The molecule has 17 heavy (non-hydrogen) atoms. The summed E-state index contributed by atoms with van der Waals surface area (Å²) < 4.78 is 1.02. The minimum atomic E-state index is 0.631. The van der Waals surface area contributed by atoms with Crippen LogP contribution in [0.15, 0.2) is 22.7 Å². The van der Waals surface area contributed by atoms with Crippen molar-refractivity contribution in [3.63, 3.8) is 0 Å². The minimum Gasteiger partial charge on any atom is -0.397 e. The third kappa shape index (κ3) is 3.36. The van der Waals surface area contributed by atoms with Crippen molar-refractivity contribution in [2.75, 3.05) is 31.2 Å². The van der Waals surface area contributed by atoms with Crippen LogP contribution in [0, 0.1) is 0 Å². The van der Waals surface area contributed by atoms with Gasteiger partial charge >= 0.3 is 0 Å². The van der Waals surface area contributed by atoms with Gasteiger partial charge in [0.15, 0.2) is 0 Å². The van der Waals surface area contributed by atoms with Crippen LogP contribution in [-0.4, -0.2) is 31.1 Å². The van der Waals surface area contributed by atoms with E-state index in [1.807, 2.05) is 18.2 Å². The summed E-state index contributed by atoms with van der Waals surface area (Å²) in [5.74, 6) is 0. The molecule has 0 spiro atoms. The number of benzene rings is 1. The third-order valence-electron chi connectivity index (χ3n) is 3.46. The van der Waals surface area contributed by atoms with Crippen LogP contribution in [0.3, 0.4) is 0 Å². The van der Waals surface area contributed by atoms with E-state index in [0.717, 1.165) is 22.4 Å². The van der Waals surface area contributed by atoms with Gasteiger partial charge in [-0.15, -0.1) is 0 Å². The van der Waals surface area contributed by atoms with Crippen LogP contribution in [0.2, 0.25) is 0 Å². The average molecular weight is 298 g/mol. The van der Waals surface area contributed by atoms with Gasteiger partial charge in [0.05, 0.1) is 11.4 Å². The van der Waals surface area contributed by atoms with E-state index < -0.39 is 0 Å². The van der Waals surface area contributed by atoms with Crippen molar-refractivity contribution in [1.29, 1.82) is 0 Å². The van der Waals surface area contributed by atoms with Gasteiger partial charge < -0.3 is 16.0 Å². The van der Waals surface area contributed by atoms with Crippen molar-refractivity contribution < 1.29 is 0 Å². The Kier molecular flexibility index (Phi) is 4.29. The molecule has 2 rings (SSSR count). The predicted molar refractivity (Wildman–Crippen MR) is 77.3 cm³/mol. The number of nitrogens with one attached hydrogen (secondary N) is 1. The van der Waals surface area contributed by atoms with Crippen molar-refractivity contribution in [3.05, 3.63) is 22.7 Å². The number of piperidine rings is 1. The van der Waals surface area contributed by atoms with Crippen LogP contribution in [0.5, 0.6) is 0 Å². The number of hydrogen-bond acceptors (Lipinski definition) is 3. The molecule has 0 aliphatic carbocycles. The third-order valence-corrected chi connectivity index (χ3v) is 3.96. The normalized spacial score (nSPS) is 21.4. The maximum absolute atomic E-state index is 5.97. The number of nitrogen functional groups attached to an aromatic ring is 1. The van der Waals surface area contributed by atoms with Gasteiger partial charge in [0.2, 0.25) is 0 Å². The highest BCUT2D eigenvalue weighted by Gasteiger charge is 2.18. The molecule has 3 nitrogen and oxygen atoms in total. The zero-order chi connectivity index (χ0) is 12.3. The highest BCUT2D eigenvalue weighted by atomic mass is 79.9. The molecular weight excluding hydrogens is 278 g/mol. The van der Waals surface area contributed by atoms with Crippen molar-refractivity contribution in [1.82, 2.24) is 4.90 Å². The topological polar surface area (TPSA) is 41.3 Å². The lowest BCUT2D eigenvalue weighted by atomic mass is 10.0. The number of nitrogens with zero attached hydrogens (tertiary/aromatic N) is 1. The Hall–Kier alpha value is -0.740. The lowest BCUT2D eigenvalue weighted by Gasteiger charge is -2.32. The number of anilines is 2. The first-order valence-corrected chi connectivity index (χ1v) is 6.95. The molecule has 1 aliphatic heterocycles. The number of likely N-dealkylation sites (N-methyl/N-ethyl adjacent to an activating group) is 1. The fourth-order valence-electron chi connectivity index (χ4n) is 2.32. The van der Waals surface area contributed by atoms with Crippen molar-refractivity contribution in [2.24, 2.45) is 0 Å². The average Bonchev–Trinajstić information content (AvgIpc) is 2.30. The van der Waals surface area contributed by atoms with Gasteiger partial charge in [-0.3, -0.25) is 0 Å². The molecule has 0 bridgehead atoms. The molecule has 3 N–H and O–H groups in total. The fourth-order valence-corrected chi connectivity index (χ4v) is 2.70. The van der Waals surface area contributed by atoms with Gasteiger partial charge in [-0.05, 0) is 44.6 Å². The Bertz CT molecular complexity index is 381. The van der Waals surface area contributed by atoms with E-state index in [4.69, 9.17) is 5.73 Å². The maximum atomic E-state index is 5.97. The number of nitrogens with two attached hydrogens (primary N) is 1. The lowest BCUT2D eigenvalue weighted by molar-refractivity contribution is 0.194. The molecule has 1 aliphatic rings. The summed E-state index contributed by atoms with van der Waals surface area (Å²) >= 11 is 3.42. The van der Waals surface area contributed by atoms with Crippen molar-refractivity contribution in [2.45, 2.75) is 25.3 Å². The molecule has 1 fully saturated rings. The molecule has 1 aromatic rings. The van der Waals surface area contributed by atoms with Crippen molar-refractivity contribution >= 4 is 27.3 Å². The van der Waals surface area contributed by atoms with E-state index in [9.17, 15) is 0 Å². The zero-order valence-corrected chi connectivity index (χ0v) is 11.8. The molecule has 0 amide bonds. The van der Waals surface area contributed by atoms with E-state index >= 15 is 0 Å². The van der Waals surface area contributed by atoms with Gasteiger partial charge in [-0.1, -0.05) is 22.4 Å². The summed E-state index contributed by atoms with van der Waals surface area (Å²) in [5.41, 5.74) is 7.80. The maximum Gasteiger partial charge on any atom is 0.0575 e. The minimum absolute atomic E-state index is 0.631. The standard InChI is InChI=1S/C13H20BrN3/c1-17-7-3-2-4-11(17)9-16-13-6-5-10(14)8-12(13)15/h5-6,8,11,16H,2-4,7,9,15H2,1H3. The second-order valence-electron chi connectivity index (χ2n) is 4.74. The molecule has 1 saturated heterocycles. The Balaban J connectivity index is 1.92. The van der Waals surface area contributed by atoms with E-state index in [0.29, 0.717) is 6.04 Å². The SMILES string of the molecule is CN1CCCCC1CNc1ccc(Br)cc1N. The second kappa shape index (κ2) is 5.74. The monoisotopic (exact) mass is 297 g/mol. The van der Waals surface area contributed by atoms with Gasteiger partial charge in [-0.2, -0.15) is 0 Å². The quantitative estimate of drug-likeness (QED) is 0.843. The van der Waals surface area contributed by atoms with E-state index in [2.05, 4.69) is 33.2 Å². The lowest BCUT2D eigenvalue weighted by Crippen LogP contribution is -2.40. The van der Waals surface area contributed by atoms with Gasteiger partial charge in [0.1, 0.15) is 0 Å². The molecule has 94 valence electrons. The highest BCUT2D eigenvalue weighted by Crippen LogP contribution is 2.24. The second-order valence-corrected chi connectivity index (χ2v) is 5.66. The Labute approximate surface area is 111 Å². The summed E-state index contributed by atoms with van der Waals surface area (Å²) in [6.07, 6.45) is 3.94. The van der Waals surface area contributed by atoms with Crippen LogP contribution < -0.4 is 11.1 Å². The van der Waals surface area contributed by atoms with Gasteiger partial charge in [0, 0.05) is 17.1 Å². The fraction of sp³-hybridized carbons (Fsp3) is 0.538. The van der Waals surface area contributed by atoms with Crippen LogP contribution in [0.1, 0.15) is 19.3 Å². The number of halogens is 1. The first-order valence-electron chi connectivity index (χ1n) is 6.16. The van der Waals surface area contributed by atoms with E-state index in [1.54, 1.807) is 0 Å². The zero-order valence-electron chi connectivity index (χ0n) is 10.2. The van der Waals surface area contributed by atoms with E-state index in [1.165, 1.54) is 25.8 Å². The van der Waals surface area contributed by atoms with E-state index in [-0.39, 0.29) is 0 Å². The predicted octanol–water partition coefficient (Wildman–Crippen LogP) is 2.93. The Morgan fingerprint density at radius 1 is 1.47 bits per heavy atom. The van der Waals surface area contributed by atoms with Crippen LogP contribution in [0.25, 0.3) is 0 Å². The Morgan fingerprint density at radius 2 is 2.29 bits per heavy atom. The van der Waals surface area contributed by atoms with Crippen molar-refractivity contribution in [3.8, 4) is 0 Å². The van der Waals surface area contributed by atoms with Crippen LogP contribution in [0.4, 0.5) is 11.4 Å². The number of rotatable bonds is 3. The summed E-state index contributed by atoms with van der Waals surface area (Å²) in [6.45, 7) is 2.19. The molecule has 1 heterocycles. The molecule has 4 heteroatoms. The number of hydrogen-bond donors (Lipinski definition) is 2. The molecule has 0 aromatic heterocycles. The molecule has 0 radical (unpaired) electrons. The molecule has 0 saturated carbocycles. The molecule has 1 aromatic carbocycles. The van der Waals surface area contributed by atoms with Crippen LogP contribution in [-0.2, 0) is 0 Å². The first kappa shape index (κ1) is 12.7. The summed E-state index contributed by atoms with van der Waals surface area (Å²) in [7, 11) is 2.20.